The fourth-order valence-electron chi connectivity index (χ4n) is 1.36. The van der Waals surface area contributed by atoms with Gasteiger partial charge in [-0.3, -0.25) is 0 Å². The van der Waals surface area contributed by atoms with Crippen molar-refractivity contribution >= 4 is 0 Å². The van der Waals surface area contributed by atoms with Crippen molar-refractivity contribution in [3.8, 4) is 0 Å². The Kier molecular flexibility index (Phi) is 11.8. The second-order valence-electron chi connectivity index (χ2n) is 3.05. The first kappa shape index (κ1) is 15.4. The summed E-state index contributed by atoms with van der Waals surface area (Å²) in [6.45, 7) is 16.1. The molecule has 0 radical (unpaired) electrons. The maximum Gasteiger partial charge on any atom is 0.0109 e. The Labute approximate surface area is 84.9 Å². The number of nitrogens with zero attached hydrogens (tertiary/aromatic N) is 2. The molecule has 13 heavy (non-hydrogen) atoms. The molecule has 0 N–H and O–H groups in total. The molecule has 0 saturated heterocycles. The zero-order valence-corrected chi connectivity index (χ0v) is 9.14. The summed E-state index contributed by atoms with van der Waals surface area (Å²) in [5.41, 5.74) is 0. The topological polar surface area (TPSA) is 6.48 Å². The molecule has 0 bridgehead atoms. The van der Waals surface area contributed by atoms with Crippen LogP contribution in [0.25, 0.3) is 0 Å². The summed E-state index contributed by atoms with van der Waals surface area (Å²) < 4.78 is 0. The zero-order chi connectivity index (χ0) is 9.40. The first-order chi connectivity index (χ1) is 5.78. The lowest BCUT2D eigenvalue weighted by Gasteiger charge is -2.23. The van der Waals surface area contributed by atoms with Crippen LogP contribution in [0.1, 0.15) is 35.1 Å². The third-order valence-corrected chi connectivity index (χ3v) is 2.52. The average molecular weight is 188 g/mol. The summed E-state index contributed by atoms with van der Waals surface area (Å²) >= 11 is 0. The highest BCUT2D eigenvalue weighted by Crippen LogP contribution is 1.90. The van der Waals surface area contributed by atoms with Crippen molar-refractivity contribution in [1.29, 1.82) is 0 Å². The first-order valence-electron chi connectivity index (χ1n) is 5.23. The minimum absolute atomic E-state index is 0. The molecule has 0 rings (SSSR count). The molecule has 0 fully saturated rings. The molecule has 0 unspecified atom stereocenters. The van der Waals surface area contributed by atoms with E-state index >= 15 is 0 Å². The van der Waals surface area contributed by atoms with Gasteiger partial charge in [0, 0.05) is 13.1 Å². The molecule has 0 aromatic heterocycles. The average Bonchev–Trinajstić information content (AvgIpc) is 2.13. The van der Waals surface area contributed by atoms with Crippen molar-refractivity contribution < 1.29 is 0 Å². The van der Waals surface area contributed by atoms with Crippen LogP contribution in [-0.4, -0.2) is 49.1 Å². The lowest BCUT2D eigenvalue weighted by Crippen LogP contribution is -2.34. The molecule has 82 valence electrons. The second-order valence-corrected chi connectivity index (χ2v) is 3.05. The van der Waals surface area contributed by atoms with E-state index in [4.69, 9.17) is 0 Å². The van der Waals surface area contributed by atoms with Gasteiger partial charge >= 0.3 is 0 Å². The van der Waals surface area contributed by atoms with E-state index in [1.807, 2.05) is 0 Å². The molecule has 0 aliphatic heterocycles. The molecule has 0 aromatic carbocycles. The summed E-state index contributed by atoms with van der Waals surface area (Å²) in [5.74, 6) is 0. The normalized spacial score (nSPS) is 10.6. The Hall–Kier alpha value is -0.0800. The predicted octanol–water partition coefficient (Wildman–Crippen LogP) is 2.31. The van der Waals surface area contributed by atoms with Crippen molar-refractivity contribution in [3.05, 3.63) is 0 Å². The van der Waals surface area contributed by atoms with Gasteiger partial charge in [0.2, 0.25) is 0 Å². The van der Waals surface area contributed by atoms with Crippen molar-refractivity contribution in [2.24, 2.45) is 0 Å². The Morgan fingerprint density at radius 2 is 0.846 bits per heavy atom. The lowest BCUT2D eigenvalue weighted by molar-refractivity contribution is 0.227. The zero-order valence-electron chi connectivity index (χ0n) is 9.14. The van der Waals surface area contributed by atoms with Crippen LogP contribution in [0, 0.1) is 0 Å². The molecule has 0 atom stereocenters. The van der Waals surface area contributed by atoms with Gasteiger partial charge in [0.05, 0.1) is 0 Å². The van der Waals surface area contributed by atoms with E-state index in [2.05, 4.69) is 37.5 Å². The molecule has 0 amide bonds. The fourth-order valence-corrected chi connectivity index (χ4v) is 1.36. The number of rotatable bonds is 7. The van der Waals surface area contributed by atoms with Gasteiger partial charge in [0.1, 0.15) is 0 Å². The Morgan fingerprint density at radius 3 is 1.00 bits per heavy atom. The summed E-state index contributed by atoms with van der Waals surface area (Å²) in [6.07, 6.45) is 0. The maximum atomic E-state index is 2.47. The van der Waals surface area contributed by atoms with Gasteiger partial charge in [-0.2, -0.15) is 0 Å². The van der Waals surface area contributed by atoms with Crippen molar-refractivity contribution in [3.63, 3.8) is 0 Å². The van der Waals surface area contributed by atoms with E-state index in [0.717, 1.165) is 0 Å². The van der Waals surface area contributed by atoms with Gasteiger partial charge in [0.25, 0.3) is 0 Å². The Morgan fingerprint density at radius 1 is 0.615 bits per heavy atom. The molecule has 2 nitrogen and oxygen atoms in total. The third kappa shape index (κ3) is 7.03. The van der Waals surface area contributed by atoms with Crippen LogP contribution in [0.5, 0.6) is 0 Å². The lowest BCUT2D eigenvalue weighted by atomic mass is 10.4. The van der Waals surface area contributed by atoms with Gasteiger partial charge in [0.15, 0.2) is 0 Å². The summed E-state index contributed by atoms with van der Waals surface area (Å²) in [6, 6.07) is 0. The SMILES string of the molecule is C.CCN(CC)CCN(CC)CC. The highest BCUT2D eigenvalue weighted by molar-refractivity contribution is 4.58. The van der Waals surface area contributed by atoms with E-state index in [-0.39, 0.29) is 7.43 Å². The number of likely N-dealkylation sites (N-methyl/N-ethyl adjacent to an activating group) is 2. The monoisotopic (exact) mass is 188 g/mol. The molecule has 0 spiro atoms. The smallest absolute Gasteiger partial charge is 0.0109 e. The molecule has 2 heteroatoms. The van der Waals surface area contributed by atoms with Gasteiger partial charge < -0.3 is 9.80 Å². The minimum Gasteiger partial charge on any atom is -0.303 e. The molecule has 0 aliphatic rings. The van der Waals surface area contributed by atoms with Crippen LogP contribution < -0.4 is 0 Å². The van der Waals surface area contributed by atoms with E-state index in [1.54, 1.807) is 0 Å². The summed E-state index contributed by atoms with van der Waals surface area (Å²) in [7, 11) is 0. The second kappa shape index (κ2) is 10.0. The van der Waals surface area contributed by atoms with Crippen LogP contribution >= 0.6 is 0 Å². The molecular formula is C11H28N2. The molecule has 0 aromatic rings. The van der Waals surface area contributed by atoms with Gasteiger partial charge in [-0.25, -0.2) is 0 Å². The molecular weight excluding hydrogens is 160 g/mol. The molecule has 0 saturated carbocycles. The minimum atomic E-state index is 0. The van der Waals surface area contributed by atoms with E-state index in [9.17, 15) is 0 Å². The van der Waals surface area contributed by atoms with Crippen molar-refractivity contribution in [2.45, 2.75) is 35.1 Å². The van der Waals surface area contributed by atoms with Gasteiger partial charge in [-0.05, 0) is 26.2 Å². The van der Waals surface area contributed by atoms with Crippen molar-refractivity contribution in [2.75, 3.05) is 39.3 Å². The van der Waals surface area contributed by atoms with E-state index < -0.39 is 0 Å². The third-order valence-electron chi connectivity index (χ3n) is 2.52. The van der Waals surface area contributed by atoms with Gasteiger partial charge in [-0.15, -0.1) is 0 Å². The Balaban J connectivity index is 0. The van der Waals surface area contributed by atoms with Crippen LogP contribution in [0.3, 0.4) is 0 Å². The predicted molar refractivity (Wildman–Crippen MR) is 62.3 cm³/mol. The van der Waals surface area contributed by atoms with E-state index in [1.165, 1.54) is 39.3 Å². The number of hydrogen-bond acceptors (Lipinski definition) is 2. The van der Waals surface area contributed by atoms with E-state index in [0.29, 0.717) is 0 Å². The quantitative estimate of drug-likeness (QED) is 0.605. The summed E-state index contributed by atoms with van der Waals surface area (Å²) in [5, 5.41) is 0. The largest absolute Gasteiger partial charge is 0.303 e. The highest BCUT2D eigenvalue weighted by Gasteiger charge is 2.02. The van der Waals surface area contributed by atoms with Crippen molar-refractivity contribution in [1.82, 2.24) is 9.80 Å². The summed E-state index contributed by atoms with van der Waals surface area (Å²) in [4.78, 5) is 4.94. The maximum absolute atomic E-state index is 2.47. The fraction of sp³-hybridized carbons (Fsp3) is 1.00. The first-order valence-corrected chi connectivity index (χ1v) is 5.23. The Bertz CT molecular complexity index is 74.1. The van der Waals surface area contributed by atoms with Crippen LogP contribution in [0.15, 0.2) is 0 Å². The standard InChI is InChI=1S/C10H24N2.CH4/c1-5-11(6-2)9-10-12(7-3)8-4;/h5-10H2,1-4H3;1H4. The highest BCUT2D eigenvalue weighted by atomic mass is 15.2. The van der Waals surface area contributed by atoms with Gasteiger partial charge in [-0.1, -0.05) is 35.1 Å². The van der Waals surface area contributed by atoms with Crippen LogP contribution in [0.4, 0.5) is 0 Å². The van der Waals surface area contributed by atoms with Crippen LogP contribution in [0.2, 0.25) is 0 Å². The van der Waals surface area contributed by atoms with Crippen LogP contribution in [-0.2, 0) is 0 Å². The number of hydrogen-bond donors (Lipinski definition) is 0. The molecule has 0 heterocycles. The molecule has 0 aliphatic carbocycles.